The molecule has 0 unspecified atom stereocenters. The van der Waals surface area contributed by atoms with Crippen LogP contribution in [0.1, 0.15) is 35.7 Å². The number of pyridine rings is 1. The van der Waals surface area contributed by atoms with Crippen LogP contribution in [-0.2, 0) is 19.6 Å². The van der Waals surface area contributed by atoms with Crippen molar-refractivity contribution in [3.8, 4) is 0 Å². The maximum Gasteiger partial charge on any atom is 0.339 e. The molecule has 0 spiro atoms. The standard InChI is InChI=1S/C21H24FN3O6S/c1-3-31-21(28)14-5-4-8-25(12-14)19-17(20(26)27)10-16(11-23-19)24-32(29,30)18-9-15(22)7-6-13(18)2/h6-7,9-11,14,24H,3-5,8,12H2,1-2H3,(H,26,27)/t14-/m1/s1. The third kappa shape index (κ3) is 5.16. The number of esters is 1. The molecular formula is C21H24FN3O6S. The third-order valence-corrected chi connectivity index (χ3v) is 6.65. The Morgan fingerprint density at radius 3 is 2.78 bits per heavy atom. The predicted molar refractivity (Wildman–Crippen MR) is 115 cm³/mol. The Morgan fingerprint density at radius 1 is 1.34 bits per heavy atom. The van der Waals surface area contributed by atoms with Crippen LogP contribution in [-0.4, -0.2) is 50.1 Å². The molecule has 0 saturated carbocycles. The summed E-state index contributed by atoms with van der Waals surface area (Å²) in [6, 6.07) is 4.53. The molecule has 172 valence electrons. The molecule has 11 heteroatoms. The average molecular weight is 466 g/mol. The van der Waals surface area contributed by atoms with E-state index in [1.165, 1.54) is 19.2 Å². The number of hydrogen-bond acceptors (Lipinski definition) is 7. The summed E-state index contributed by atoms with van der Waals surface area (Å²) in [4.78, 5) is 29.6. The van der Waals surface area contributed by atoms with E-state index < -0.39 is 27.7 Å². The summed E-state index contributed by atoms with van der Waals surface area (Å²) in [5, 5.41) is 9.69. The van der Waals surface area contributed by atoms with Gasteiger partial charge in [-0.2, -0.15) is 0 Å². The average Bonchev–Trinajstić information content (AvgIpc) is 2.75. The van der Waals surface area contributed by atoms with Crippen LogP contribution in [0.4, 0.5) is 15.9 Å². The maximum atomic E-state index is 13.6. The van der Waals surface area contributed by atoms with Crippen molar-refractivity contribution in [3.05, 3.63) is 47.4 Å². The fraction of sp³-hybridized carbons (Fsp3) is 0.381. The largest absolute Gasteiger partial charge is 0.478 e. The molecule has 0 bridgehead atoms. The summed E-state index contributed by atoms with van der Waals surface area (Å²) in [6.07, 6.45) is 2.47. The highest BCUT2D eigenvalue weighted by Crippen LogP contribution is 2.28. The van der Waals surface area contributed by atoms with Gasteiger partial charge in [0.1, 0.15) is 17.2 Å². The smallest absolute Gasteiger partial charge is 0.339 e. The molecule has 2 N–H and O–H groups in total. The minimum Gasteiger partial charge on any atom is -0.478 e. The van der Waals surface area contributed by atoms with E-state index >= 15 is 0 Å². The Labute approximate surface area is 185 Å². The van der Waals surface area contributed by atoms with Gasteiger partial charge in [0, 0.05) is 13.1 Å². The second-order valence-corrected chi connectivity index (χ2v) is 9.10. The second kappa shape index (κ2) is 9.51. The number of sulfonamides is 1. The van der Waals surface area contributed by atoms with Crippen LogP contribution in [0.3, 0.4) is 0 Å². The van der Waals surface area contributed by atoms with Crippen molar-refractivity contribution in [2.24, 2.45) is 5.92 Å². The lowest BCUT2D eigenvalue weighted by Gasteiger charge is -2.33. The zero-order valence-electron chi connectivity index (χ0n) is 17.7. The second-order valence-electron chi connectivity index (χ2n) is 7.45. The minimum atomic E-state index is -4.17. The SMILES string of the molecule is CCOC(=O)[C@@H]1CCCN(c2ncc(NS(=O)(=O)c3cc(F)ccc3C)cc2C(=O)O)C1. The van der Waals surface area contributed by atoms with Gasteiger partial charge in [-0.05, 0) is 50.5 Å². The van der Waals surface area contributed by atoms with Crippen LogP contribution >= 0.6 is 0 Å². The van der Waals surface area contributed by atoms with Crippen molar-refractivity contribution in [2.45, 2.75) is 31.6 Å². The molecule has 1 aliphatic rings. The fourth-order valence-electron chi connectivity index (χ4n) is 3.62. The lowest BCUT2D eigenvalue weighted by molar-refractivity contribution is -0.148. The van der Waals surface area contributed by atoms with Gasteiger partial charge in [0.2, 0.25) is 0 Å². The quantitative estimate of drug-likeness (QED) is 0.598. The van der Waals surface area contributed by atoms with Crippen molar-refractivity contribution in [1.82, 2.24) is 4.98 Å². The number of carboxylic acid groups (broad SMARTS) is 1. The summed E-state index contributed by atoms with van der Waals surface area (Å²) >= 11 is 0. The van der Waals surface area contributed by atoms with Crippen molar-refractivity contribution >= 4 is 33.5 Å². The first-order valence-corrected chi connectivity index (χ1v) is 11.5. The molecule has 1 aromatic heterocycles. The van der Waals surface area contributed by atoms with E-state index in [0.717, 1.165) is 18.2 Å². The Morgan fingerprint density at radius 2 is 2.09 bits per heavy atom. The lowest BCUT2D eigenvalue weighted by Crippen LogP contribution is -2.40. The number of nitrogens with zero attached hydrogens (tertiary/aromatic N) is 2. The molecule has 0 amide bonds. The first kappa shape index (κ1) is 23.5. The Bertz CT molecular complexity index is 1140. The molecule has 9 nitrogen and oxygen atoms in total. The number of anilines is 2. The Kier molecular flexibility index (Phi) is 6.97. The summed E-state index contributed by atoms with van der Waals surface area (Å²) in [5.41, 5.74) is 0.0414. The Balaban J connectivity index is 1.89. The van der Waals surface area contributed by atoms with Gasteiger partial charge in [-0.3, -0.25) is 9.52 Å². The van der Waals surface area contributed by atoms with E-state index in [1.807, 2.05) is 0 Å². The molecule has 0 aliphatic carbocycles. The molecule has 1 aromatic carbocycles. The number of aromatic nitrogens is 1. The third-order valence-electron chi connectivity index (χ3n) is 5.13. The van der Waals surface area contributed by atoms with Crippen LogP contribution in [0.25, 0.3) is 0 Å². The first-order valence-electron chi connectivity index (χ1n) is 10.1. The number of nitrogens with one attached hydrogen (secondary N) is 1. The minimum absolute atomic E-state index is 0.0752. The van der Waals surface area contributed by atoms with E-state index in [1.54, 1.807) is 11.8 Å². The highest BCUT2D eigenvalue weighted by molar-refractivity contribution is 7.92. The number of halogens is 1. The van der Waals surface area contributed by atoms with Crippen molar-refractivity contribution < 1.29 is 32.2 Å². The summed E-state index contributed by atoms with van der Waals surface area (Å²) in [7, 11) is -4.17. The van der Waals surface area contributed by atoms with Gasteiger partial charge in [0.05, 0.1) is 29.3 Å². The number of benzene rings is 1. The van der Waals surface area contributed by atoms with Crippen molar-refractivity contribution in [1.29, 1.82) is 0 Å². The monoisotopic (exact) mass is 465 g/mol. The van der Waals surface area contributed by atoms with E-state index in [2.05, 4.69) is 9.71 Å². The van der Waals surface area contributed by atoms with Gasteiger partial charge in [0.15, 0.2) is 0 Å². The van der Waals surface area contributed by atoms with E-state index in [4.69, 9.17) is 4.74 Å². The topological polar surface area (TPSA) is 126 Å². The lowest BCUT2D eigenvalue weighted by atomic mass is 9.98. The summed E-state index contributed by atoms with van der Waals surface area (Å²) in [5.74, 6) is -2.62. The van der Waals surface area contributed by atoms with E-state index in [0.29, 0.717) is 24.9 Å². The van der Waals surface area contributed by atoms with Gasteiger partial charge in [0.25, 0.3) is 10.0 Å². The zero-order valence-corrected chi connectivity index (χ0v) is 18.5. The van der Waals surface area contributed by atoms with Crippen molar-refractivity contribution in [2.75, 3.05) is 29.3 Å². The zero-order chi connectivity index (χ0) is 23.5. The highest BCUT2D eigenvalue weighted by Gasteiger charge is 2.30. The molecule has 1 atom stereocenters. The molecule has 1 fully saturated rings. The van der Waals surface area contributed by atoms with Gasteiger partial charge in [-0.25, -0.2) is 22.6 Å². The van der Waals surface area contributed by atoms with Crippen LogP contribution in [0.5, 0.6) is 0 Å². The number of piperidine rings is 1. The van der Waals surface area contributed by atoms with Crippen LogP contribution in [0, 0.1) is 18.7 Å². The summed E-state index contributed by atoms with van der Waals surface area (Å²) < 4.78 is 46.3. The Hall–Kier alpha value is -3.21. The van der Waals surface area contributed by atoms with Gasteiger partial charge in [-0.15, -0.1) is 0 Å². The number of carboxylic acids is 1. The molecule has 1 aliphatic heterocycles. The molecular weight excluding hydrogens is 441 g/mol. The normalized spacial score (nSPS) is 16.5. The molecule has 1 saturated heterocycles. The van der Waals surface area contributed by atoms with Gasteiger partial charge < -0.3 is 14.7 Å². The van der Waals surface area contributed by atoms with Crippen LogP contribution in [0.15, 0.2) is 35.4 Å². The molecule has 32 heavy (non-hydrogen) atoms. The van der Waals surface area contributed by atoms with Crippen LogP contribution < -0.4 is 9.62 Å². The number of aryl methyl sites for hydroxylation is 1. The number of aromatic carboxylic acids is 1. The van der Waals surface area contributed by atoms with Crippen LogP contribution in [0.2, 0.25) is 0 Å². The number of carbonyl (C=O) groups excluding carboxylic acids is 1. The van der Waals surface area contributed by atoms with Gasteiger partial charge >= 0.3 is 11.9 Å². The number of ether oxygens (including phenoxy) is 1. The molecule has 2 aromatic rings. The van der Waals surface area contributed by atoms with Crippen molar-refractivity contribution in [3.63, 3.8) is 0 Å². The molecule has 2 heterocycles. The maximum absolute atomic E-state index is 13.6. The number of rotatable bonds is 7. The van der Waals surface area contributed by atoms with E-state index in [-0.39, 0.29) is 41.1 Å². The molecule has 0 radical (unpaired) electrons. The molecule has 3 rings (SSSR count). The number of carbonyl (C=O) groups is 2. The predicted octanol–water partition coefficient (Wildman–Crippen LogP) is 2.81. The van der Waals surface area contributed by atoms with Gasteiger partial charge in [-0.1, -0.05) is 6.07 Å². The van der Waals surface area contributed by atoms with E-state index in [9.17, 15) is 27.5 Å². The first-order chi connectivity index (χ1) is 15.1. The summed E-state index contributed by atoms with van der Waals surface area (Å²) in [6.45, 7) is 4.24. The fourth-order valence-corrected chi connectivity index (χ4v) is 4.91. The number of hydrogen-bond donors (Lipinski definition) is 2. The highest BCUT2D eigenvalue weighted by atomic mass is 32.2.